The number of nitrogens with two attached hydrogens (primary N) is 1. The van der Waals surface area contributed by atoms with Crippen molar-refractivity contribution in [3.8, 4) is 11.1 Å². The highest BCUT2D eigenvalue weighted by atomic mass is 19.1. The van der Waals surface area contributed by atoms with Crippen molar-refractivity contribution in [1.82, 2.24) is 29.4 Å². The molecule has 1 atom stereocenters. The van der Waals surface area contributed by atoms with Crippen molar-refractivity contribution in [1.29, 1.82) is 0 Å². The van der Waals surface area contributed by atoms with E-state index in [0.29, 0.717) is 29.9 Å². The number of nitrogen functional groups attached to an aromatic ring is 1. The predicted octanol–water partition coefficient (Wildman–Crippen LogP) is 3.52. The standard InChI is InChI=1S/C25H21FN8O/c1-15(16-2-4-19(26)5-3-16)34-14-20(13-29-34)32-8-7-22-21(24(32)35)10-18(12-28-22)17-6-9-33-23(11-17)30-25(27)31-33/h2-6,9-15H,7-8H2,1H3,(H2,27,31)/t15-/m0/s1. The molecule has 174 valence electrons. The van der Waals surface area contributed by atoms with Gasteiger partial charge in [-0.1, -0.05) is 12.1 Å². The normalized spacial score (nSPS) is 14.3. The zero-order chi connectivity index (χ0) is 24.1. The Bertz CT molecular complexity index is 1570. The van der Waals surface area contributed by atoms with Gasteiger partial charge in [-0.25, -0.2) is 8.91 Å². The van der Waals surface area contributed by atoms with Gasteiger partial charge in [0.1, 0.15) is 5.82 Å². The van der Waals surface area contributed by atoms with Crippen LogP contribution in [0.5, 0.6) is 0 Å². The van der Waals surface area contributed by atoms with E-state index in [-0.39, 0.29) is 23.7 Å². The summed E-state index contributed by atoms with van der Waals surface area (Å²) >= 11 is 0. The largest absolute Gasteiger partial charge is 0.366 e. The molecule has 0 aliphatic carbocycles. The molecule has 0 saturated carbocycles. The van der Waals surface area contributed by atoms with Crippen LogP contribution in [0.1, 0.15) is 34.6 Å². The number of rotatable bonds is 4. The lowest BCUT2D eigenvalue weighted by Crippen LogP contribution is -2.38. The van der Waals surface area contributed by atoms with E-state index < -0.39 is 0 Å². The molecule has 1 aromatic carbocycles. The Morgan fingerprint density at radius 2 is 1.91 bits per heavy atom. The molecule has 5 heterocycles. The summed E-state index contributed by atoms with van der Waals surface area (Å²) in [6.07, 6.45) is 7.72. The topological polar surface area (TPSA) is 107 Å². The number of hydrogen-bond donors (Lipinski definition) is 1. The predicted molar refractivity (Wildman–Crippen MR) is 128 cm³/mol. The maximum Gasteiger partial charge on any atom is 0.260 e. The van der Waals surface area contributed by atoms with Gasteiger partial charge in [-0.15, -0.1) is 5.10 Å². The van der Waals surface area contributed by atoms with Gasteiger partial charge in [0.25, 0.3) is 5.91 Å². The Labute approximate surface area is 199 Å². The number of aromatic nitrogens is 6. The van der Waals surface area contributed by atoms with Crippen LogP contribution in [-0.2, 0) is 6.42 Å². The summed E-state index contributed by atoms with van der Waals surface area (Å²) in [7, 11) is 0. The molecule has 0 bridgehead atoms. The van der Waals surface area contributed by atoms with Gasteiger partial charge in [-0.05, 0) is 48.4 Å². The summed E-state index contributed by atoms with van der Waals surface area (Å²) in [4.78, 5) is 24.0. The number of carbonyl (C=O) groups is 1. The molecule has 0 saturated heterocycles. The molecule has 6 rings (SSSR count). The zero-order valence-corrected chi connectivity index (χ0v) is 18.8. The fourth-order valence-corrected chi connectivity index (χ4v) is 4.40. The van der Waals surface area contributed by atoms with E-state index in [1.165, 1.54) is 12.1 Å². The van der Waals surface area contributed by atoms with Crippen LogP contribution in [0.25, 0.3) is 16.8 Å². The number of halogens is 1. The third-order valence-electron chi connectivity index (χ3n) is 6.35. The molecular weight excluding hydrogens is 447 g/mol. The first-order valence-corrected chi connectivity index (χ1v) is 11.2. The minimum atomic E-state index is -0.279. The van der Waals surface area contributed by atoms with Crippen LogP contribution in [-0.4, -0.2) is 41.8 Å². The van der Waals surface area contributed by atoms with Gasteiger partial charge < -0.3 is 10.6 Å². The van der Waals surface area contributed by atoms with Crippen LogP contribution in [0.3, 0.4) is 0 Å². The van der Waals surface area contributed by atoms with Crippen molar-refractivity contribution in [2.24, 2.45) is 0 Å². The minimum Gasteiger partial charge on any atom is -0.366 e. The smallest absolute Gasteiger partial charge is 0.260 e. The van der Waals surface area contributed by atoms with E-state index in [4.69, 9.17) is 5.73 Å². The number of fused-ring (bicyclic) bond motifs is 2. The second-order valence-electron chi connectivity index (χ2n) is 8.52. The zero-order valence-electron chi connectivity index (χ0n) is 18.8. The lowest BCUT2D eigenvalue weighted by Gasteiger charge is -2.27. The number of hydrogen-bond acceptors (Lipinski definition) is 6. The Kier molecular flexibility index (Phi) is 4.80. The molecule has 5 aromatic rings. The molecule has 1 amide bonds. The van der Waals surface area contributed by atoms with Gasteiger partial charge in [0.05, 0.1) is 29.2 Å². The number of benzene rings is 1. The SMILES string of the molecule is C[C@@H](c1ccc(F)cc1)n1cc(N2CCc3ncc(-c4ccn5nc(N)nc5c4)cc3C2=O)cn1. The number of nitrogens with zero attached hydrogens (tertiary/aromatic N) is 7. The molecule has 1 aliphatic rings. The van der Waals surface area contributed by atoms with E-state index in [1.807, 2.05) is 31.3 Å². The molecule has 0 fully saturated rings. The Morgan fingerprint density at radius 3 is 2.74 bits per heavy atom. The van der Waals surface area contributed by atoms with Gasteiger partial charge in [0, 0.05) is 37.1 Å². The Balaban J connectivity index is 1.29. The van der Waals surface area contributed by atoms with Crippen molar-refractivity contribution in [2.75, 3.05) is 17.2 Å². The molecule has 0 radical (unpaired) electrons. The molecule has 1 aliphatic heterocycles. The van der Waals surface area contributed by atoms with Gasteiger partial charge in [0.2, 0.25) is 5.95 Å². The number of pyridine rings is 2. The van der Waals surface area contributed by atoms with Gasteiger partial charge in [-0.3, -0.25) is 14.5 Å². The number of amides is 1. The summed E-state index contributed by atoms with van der Waals surface area (Å²) in [5.74, 6) is -0.202. The number of anilines is 2. The minimum absolute atomic E-state index is 0.106. The average molecular weight is 468 g/mol. The third-order valence-corrected chi connectivity index (χ3v) is 6.35. The lowest BCUT2D eigenvalue weighted by atomic mass is 10.00. The molecule has 0 spiro atoms. The molecule has 4 aromatic heterocycles. The van der Waals surface area contributed by atoms with Crippen LogP contribution in [0, 0.1) is 5.82 Å². The number of carbonyl (C=O) groups excluding carboxylic acids is 1. The Morgan fingerprint density at radius 1 is 1.09 bits per heavy atom. The summed E-state index contributed by atoms with van der Waals surface area (Å²) in [5.41, 5.74) is 11.0. The fraction of sp³-hybridized carbons (Fsp3) is 0.160. The lowest BCUT2D eigenvalue weighted by molar-refractivity contribution is 0.0980. The first kappa shape index (κ1) is 21.0. The highest BCUT2D eigenvalue weighted by Crippen LogP contribution is 2.29. The molecule has 10 heteroatoms. The van der Waals surface area contributed by atoms with Crippen LogP contribution in [0.2, 0.25) is 0 Å². The van der Waals surface area contributed by atoms with E-state index in [9.17, 15) is 9.18 Å². The van der Waals surface area contributed by atoms with Crippen molar-refractivity contribution in [3.05, 3.63) is 89.9 Å². The first-order valence-electron chi connectivity index (χ1n) is 11.2. The van der Waals surface area contributed by atoms with Crippen molar-refractivity contribution in [3.63, 3.8) is 0 Å². The summed E-state index contributed by atoms with van der Waals surface area (Å²) < 4.78 is 16.7. The summed E-state index contributed by atoms with van der Waals surface area (Å²) in [6.45, 7) is 2.49. The monoisotopic (exact) mass is 468 g/mol. The van der Waals surface area contributed by atoms with Gasteiger partial charge >= 0.3 is 0 Å². The quantitative estimate of drug-likeness (QED) is 0.433. The van der Waals surface area contributed by atoms with Crippen molar-refractivity contribution < 1.29 is 9.18 Å². The molecule has 0 unspecified atom stereocenters. The van der Waals surface area contributed by atoms with Crippen molar-refractivity contribution >= 4 is 23.2 Å². The van der Waals surface area contributed by atoms with Crippen LogP contribution < -0.4 is 10.6 Å². The van der Waals surface area contributed by atoms with E-state index in [0.717, 1.165) is 22.4 Å². The van der Waals surface area contributed by atoms with E-state index >= 15 is 0 Å². The van der Waals surface area contributed by atoms with Crippen LogP contribution in [0.15, 0.2) is 67.3 Å². The van der Waals surface area contributed by atoms with Crippen LogP contribution >= 0.6 is 0 Å². The van der Waals surface area contributed by atoms with Gasteiger partial charge in [-0.2, -0.15) is 10.1 Å². The van der Waals surface area contributed by atoms with Crippen molar-refractivity contribution in [2.45, 2.75) is 19.4 Å². The van der Waals surface area contributed by atoms with E-state index in [1.54, 1.807) is 44.8 Å². The Hall–Kier alpha value is -4.60. The van der Waals surface area contributed by atoms with Gasteiger partial charge in [0.15, 0.2) is 5.65 Å². The second-order valence-corrected chi connectivity index (χ2v) is 8.52. The summed E-state index contributed by atoms with van der Waals surface area (Å²) in [6, 6.07) is 11.8. The third kappa shape index (κ3) is 3.68. The molecule has 9 nitrogen and oxygen atoms in total. The van der Waals surface area contributed by atoms with Crippen LogP contribution in [0.4, 0.5) is 16.0 Å². The molecule has 2 N–H and O–H groups in total. The van der Waals surface area contributed by atoms with E-state index in [2.05, 4.69) is 20.2 Å². The summed E-state index contributed by atoms with van der Waals surface area (Å²) in [5, 5.41) is 8.56. The highest BCUT2D eigenvalue weighted by Gasteiger charge is 2.28. The highest BCUT2D eigenvalue weighted by molar-refractivity contribution is 6.08. The molecular formula is C25H21FN8O. The maximum atomic E-state index is 13.5. The average Bonchev–Trinajstić information content (AvgIpc) is 3.50. The second kappa shape index (κ2) is 8.01. The fourth-order valence-electron chi connectivity index (χ4n) is 4.40. The molecule has 35 heavy (non-hydrogen) atoms. The first-order chi connectivity index (χ1) is 17.0. The maximum absolute atomic E-state index is 13.5.